The summed E-state index contributed by atoms with van der Waals surface area (Å²) < 4.78 is 48.9. The number of halogens is 1. The van der Waals surface area contributed by atoms with Crippen LogP contribution in [0.5, 0.6) is 0 Å². The molecule has 0 aliphatic heterocycles. The summed E-state index contributed by atoms with van der Waals surface area (Å²) in [5, 5.41) is 3.91. The van der Waals surface area contributed by atoms with Crippen LogP contribution in [0.2, 0.25) is 0 Å². The predicted octanol–water partition coefficient (Wildman–Crippen LogP) is 5.89. The number of benzene rings is 3. The highest BCUT2D eigenvalue weighted by atomic mass is 32.2. The van der Waals surface area contributed by atoms with Gasteiger partial charge in [0, 0.05) is 24.0 Å². The number of rotatable bonds is 7. The third-order valence-corrected chi connectivity index (χ3v) is 7.36. The van der Waals surface area contributed by atoms with E-state index in [2.05, 4.69) is 40.6 Å². The molecular weight excluding hydrogens is 505 g/mol. The van der Waals surface area contributed by atoms with E-state index in [9.17, 15) is 12.8 Å². The van der Waals surface area contributed by atoms with Crippen molar-refractivity contribution in [3.05, 3.63) is 102 Å². The molecule has 3 aromatic carbocycles. The van der Waals surface area contributed by atoms with Crippen molar-refractivity contribution >= 4 is 15.7 Å². The predicted molar refractivity (Wildman–Crippen MR) is 142 cm³/mol. The third-order valence-electron chi connectivity index (χ3n) is 5.96. The number of nitrogens with zero attached hydrogens (tertiary/aromatic N) is 4. The Labute approximate surface area is 220 Å². The first kappa shape index (κ1) is 25.3. The Morgan fingerprint density at radius 2 is 1.74 bits per heavy atom. The molecule has 2 aromatic heterocycles. The van der Waals surface area contributed by atoms with Crippen LogP contribution in [0.3, 0.4) is 0 Å². The summed E-state index contributed by atoms with van der Waals surface area (Å²) in [4.78, 5) is 8.85. The standard InChI is InChI=1S/C28H26FN5O3S/c1-28(2,3)21-9-13-24(14-10-21)38(35,36)33-23-11-7-19(8-12-23)16-34-17-25(30-18-34)27-31-26(32-37-27)20-5-4-6-22(29)15-20/h4-15,17-18,33H,16H2,1-3H3. The van der Waals surface area contributed by atoms with E-state index < -0.39 is 10.0 Å². The summed E-state index contributed by atoms with van der Waals surface area (Å²) in [6.07, 6.45) is 3.40. The van der Waals surface area contributed by atoms with Crippen LogP contribution < -0.4 is 4.72 Å². The highest BCUT2D eigenvalue weighted by molar-refractivity contribution is 7.92. The number of anilines is 1. The fourth-order valence-corrected chi connectivity index (χ4v) is 4.93. The van der Waals surface area contributed by atoms with Gasteiger partial charge >= 0.3 is 0 Å². The number of imidazole rings is 1. The number of aromatic nitrogens is 4. The molecule has 5 aromatic rings. The minimum Gasteiger partial charge on any atom is -0.332 e. The molecule has 38 heavy (non-hydrogen) atoms. The summed E-state index contributed by atoms with van der Waals surface area (Å²) in [5.74, 6) is 0.118. The lowest BCUT2D eigenvalue weighted by Crippen LogP contribution is -2.15. The number of sulfonamides is 1. The molecule has 0 aliphatic carbocycles. The lowest BCUT2D eigenvalue weighted by atomic mass is 9.87. The monoisotopic (exact) mass is 531 g/mol. The quantitative estimate of drug-likeness (QED) is 0.281. The van der Waals surface area contributed by atoms with Crippen molar-refractivity contribution in [2.45, 2.75) is 37.6 Å². The van der Waals surface area contributed by atoms with Gasteiger partial charge in [-0.3, -0.25) is 4.72 Å². The fourth-order valence-electron chi connectivity index (χ4n) is 3.87. The first-order chi connectivity index (χ1) is 18.1. The van der Waals surface area contributed by atoms with Gasteiger partial charge in [-0.05, 0) is 52.9 Å². The van der Waals surface area contributed by atoms with Crippen molar-refractivity contribution in [2.75, 3.05) is 4.72 Å². The first-order valence-corrected chi connectivity index (χ1v) is 13.4. The molecular formula is C28H26FN5O3S. The van der Waals surface area contributed by atoms with E-state index in [0.717, 1.165) is 11.1 Å². The van der Waals surface area contributed by atoms with Gasteiger partial charge in [0.15, 0.2) is 0 Å². The van der Waals surface area contributed by atoms with Gasteiger partial charge in [-0.2, -0.15) is 4.98 Å². The maximum atomic E-state index is 13.5. The summed E-state index contributed by atoms with van der Waals surface area (Å²) in [5.41, 5.74) is 3.42. The normalized spacial score (nSPS) is 12.0. The second-order valence-electron chi connectivity index (χ2n) is 9.94. The van der Waals surface area contributed by atoms with Crippen LogP contribution >= 0.6 is 0 Å². The molecule has 194 valence electrons. The van der Waals surface area contributed by atoms with Gasteiger partial charge in [0.25, 0.3) is 15.9 Å². The largest absolute Gasteiger partial charge is 0.332 e. The van der Waals surface area contributed by atoms with Gasteiger partial charge in [0.1, 0.15) is 11.5 Å². The first-order valence-electron chi connectivity index (χ1n) is 11.9. The van der Waals surface area contributed by atoms with Crippen molar-refractivity contribution in [1.29, 1.82) is 0 Å². The lowest BCUT2D eigenvalue weighted by molar-refractivity contribution is 0.431. The van der Waals surface area contributed by atoms with Gasteiger partial charge < -0.3 is 9.09 Å². The fraction of sp³-hybridized carbons (Fsp3) is 0.179. The van der Waals surface area contributed by atoms with E-state index in [1.165, 1.54) is 12.1 Å². The minimum atomic E-state index is -3.70. The molecule has 0 atom stereocenters. The van der Waals surface area contributed by atoms with Crippen LogP contribution in [0.15, 0.2) is 94.7 Å². The Morgan fingerprint density at radius 3 is 2.42 bits per heavy atom. The molecule has 0 unspecified atom stereocenters. The van der Waals surface area contributed by atoms with E-state index in [0.29, 0.717) is 23.5 Å². The van der Waals surface area contributed by atoms with E-state index in [1.54, 1.807) is 48.9 Å². The number of hydrogen-bond donors (Lipinski definition) is 1. The third kappa shape index (κ3) is 5.65. The van der Waals surface area contributed by atoms with Crippen LogP contribution in [0.1, 0.15) is 31.9 Å². The molecule has 0 fully saturated rings. The van der Waals surface area contributed by atoms with E-state index in [1.807, 2.05) is 28.8 Å². The molecule has 0 aliphatic rings. The van der Waals surface area contributed by atoms with Crippen molar-refractivity contribution in [2.24, 2.45) is 0 Å². The van der Waals surface area contributed by atoms with Crippen molar-refractivity contribution in [3.8, 4) is 23.0 Å². The Bertz CT molecular complexity index is 1670. The van der Waals surface area contributed by atoms with Crippen molar-refractivity contribution in [1.82, 2.24) is 19.7 Å². The van der Waals surface area contributed by atoms with E-state index >= 15 is 0 Å². The molecule has 10 heteroatoms. The van der Waals surface area contributed by atoms with Gasteiger partial charge in [-0.25, -0.2) is 17.8 Å². The minimum absolute atomic E-state index is 0.0568. The molecule has 0 bridgehead atoms. The van der Waals surface area contributed by atoms with E-state index in [-0.39, 0.29) is 27.8 Å². The van der Waals surface area contributed by atoms with Crippen LogP contribution in [0.4, 0.5) is 10.1 Å². The Hall–Kier alpha value is -4.31. The van der Waals surface area contributed by atoms with Crippen molar-refractivity contribution in [3.63, 3.8) is 0 Å². The molecule has 0 radical (unpaired) electrons. The highest BCUT2D eigenvalue weighted by Gasteiger charge is 2.18. The second kappa shape index (κ2) is 9.86. The molecule has 8 nitrogen and oxygen atoms in total. The smallest absolute Gasteiger partial charge is 0.278 e. The van der Waals surface area contributed by atoms with Crippen molar-refractivity contribution < 1.29 is 17.3 Å². The van der Waals surface area contributed by atoms with Gasteiger partial charge in [-0.1, -0.05) is 62.3 Å². The highest BCUT2D eigenvalue weighted by Crippen LogP contribution is 2.25. The van der Waals surface area contributed by atoms with Crippen LogP contribution in [-0.4, -0.2) is 28.1 Å². The van der Waals surface area contributed by atoms with E-state index in [4.69, 9.17) is 4.52 Å². The molecule has 2 heterocycles. The zero-order chi connectivity index (χ0) is 26.9. The zero-order valence-corrected chi connectivity index (χ0v) is 21.9. The van der Waals surface area contributed by atoms with Crippen LogP contribution in [0.25, 0.3) is 23.0 Å². The number of hydrogen-bond acceptors (Lipinski definition) is 6. The maximum absolute atomic E-state index is 13.5. The molecule has 1 N–H and O–H groups in total. The summed E-state index contributed by atoms with van der Waals surface area (Å²) in [6, 6.07) is 20.0. The topological polar surface area (TPSA) is 103 Å². The Morgan fingerprint density at radius 1 is 1.00 bits per heavy atom. The molecule has 5 rings (SSSR count). The lowest BCUT2D eigenvalue weighted by Gasteiger charge is -2.19. The summed E-state index contributed by atoms with van der Waals surface area (Å²) in [7, 11) is -3.70. The molecule has 0 saturated heterocycles. The number of nitrogens with one attached hydrogen (secondary N) is 1. The Kier molecular flexibility index (Phi) is 6.58. The SMILES string of the molecule is CC(C)(C)c1ccc(S(=O)(=O)Nc2ccc(Cn3cnc(-c4nc(-c5cccc(F)c5)no4)c3)cc2)cc1. The summed E-state index contributed by atoms with van der Waals surface area (Å²) in [6.45, 7) is 6.74. The van der Waals surface area contributed by atoms with Gasteiger partial charge in [0.05, 0.1) is 11.2 Å². The molecule has 0 saturated carbocycles. The summed E-state index contributed by atoms with van der Waals surface area (Å²) >= 11 is 0. The average Bonchev–Trinajstić information content (AvgIpc) is 3.55. The maximum Gasteiger partial charge on any atom is 0.278 e. The average molecular weight is 532 g/mol. The Balaban J connectivity index is 1.24. The van der Waals surface area contributed by atoms with Crippen LogP contribution in [0, 0.1) is 5.82 Å². The van der Waals surface area contributed by atoms with Gasteiger partial charge in [-0.15, -0.1) is 0 Å². The van der Waals surface area contributed by atoms with Crippen LogP contribution in [-0.2, 0) is 22.0 Å². The van der Waals surface area contributed by atoms with Gasteiger partial charge in [0.2, 0.25) is 5.82 Å². The zero-order valence-electron chi connectivity index (χ0n) is 21.1. The second-order valence-corrected chi connectivity index (χ2v) is 11.6. The molecule has 0 spiro atoms. The molecule has 0 amide bonds.